The van der Waals surface area contributed by atoms with Crippen molar-refractivity contribution in [1.82, 2.24) is 0 Å². The monoisotopic (exact) mass is 564 g/mol. The minimum atomic E-state index is -5.86. The van der Waals surface area contributed by atoms with Crippen LogP contribution in [0.1, 0.15) is 22.3 Å². The summed E-state index contributed by atoms with van der Waals surface area (Å²) in [5, 5.41) is 36.9. The van der Waals surface area contributed by atoms with Gasteiger partial charge in [0.05, 0.1) is 13.2 Å². The van der Waals surface area contributed by atoms with Crippen LogP contribution in [-0.2, 0) is 18.3 Å². The molecule has 0 aliphatic carbocycles. The molecule has 216 valence electrons. The van der Waals surface area contributed by atoms with E-state index >= 15 is 0 Å². The molecule has 0 saturated carbocycles. The van der Waals surface area contributed by atoms with Crippen LogP contribution in [0, 0.1) is 0 Å². The lowest BCUT2D eigenvalue weighted by atomic mass is 9.70. The normalized spacial score (nSPS) is 14.0. The van der Waals surface area contributed by atoms with Crippen molar-refractivity contribution in [2.45, 2.75) is 42.8 Å². The lowest BCUT2D eigenvalue weighted by Gasteiger charge is -2.40. The van der Waals surface area contributed by atoms with Crippen molar-refractivity contribution in [1.29, 1.82) is 0 Å². The number of alkyl halides is 6. The zero-order valence-corrected chi connectivity index (χ0v) is 20.8. The van der Waals surface area contributed by atoms with E-state index in [9.17, 15) is 36.6 Å². The maximum atomic E-state index is 14.8. The van der Waals surface area contributed by atoms with Crippen LogP contribution in [0.5, 0.6) is 11.5 Å². The highest BCUT2D eigenvalue weighted by Gasteiger charge is 2.73. The van der Waals surface area contributed by atoms with Gasteiger partial charge >= 0.3 is 12.4 Å². The second-order valence-corrected chi connectivity index (χ2v) is 8.67. The second-order valence-electron chi connectivity index (χ2n) is 8.67. The summed E-state index contributed by atoms with van der Waals surface area (Å²) in [7, 11) is 0. The molecule has 2 atom stereocenters. The molecule has 0 heterocycles. The first-order chi connectivity index (χ1) is 18.3. The fourth-order valence-corrected chi connectivity index (χ4v) is 4.05. The molecule has 2 aromatic rings. The second kappa shape index (κ2) is 13.3. The topological polar surface area (TPSA) is 99.4 Å². The van der Waals surface area contributed by atoms with Gasteiger partial charge in [0.2, 0.25) is 5.41 Å². The Hall–Kier alpha value is -3.06. The van der Waals surface area contributed by atoms with Crippen LogP contribution in [0.3, 0.4) is 0 Å². The Morgan fingerprint density at radius 3 is 1.79 bits per heavy atom. The van der Waals surface area contributed by atoms with E-state index < -0.39 is 67.5 Å². The number of rotatable bonds is 14. The van der Waals surface area contributed by atoms with Crippen LogP contribution in [0.25, 0.3) is 0 Å². The first kappa shape index (κ1) is 32.2. The van der Waals surface area contributed by atoms with Crippen LogP contribution in [-0.4, -0.2) is 71.4 Å². The van der Waals surface area contributed by atoms with Crippen molar-refractivity contribution >= 4 is 0 Å². The minimum Gasteiger partial charge on any atom is -0.491 e. The molecule has 2 unspecified atom stereocenters. The number of hydrogen-bond acceptors (Lipinski definition) is 6. The Balaban J connectivity index is 2.83. The summed E-state index contributed by atoms with van der Waals surface area (Å²) in [6, 6.07) is 4.96. The molecule has 0 radical (unpaired) electrons. The average molecular weight is 565 g/mol. The van der Waals surface area contributed by atoms with Crippen molar-refractivity contribution < 1.29 is 56.2 Å². The van der Waals surface area contributed by atoms with Gasteiger partial charge < -0.3 is 29.9 Å². The molecule has 6 nitrogen and oxygen atoms in total. The third kappa shape index (κ3) is 7.13. The van der Waals surface area contributed by atoms with E-state index in [2.05, 4.69) is 13.2 Å². The summed E-state index contributed by atoms with van der Waals surface area (Å²) in [6.07, 6.45) is -12.4. The smallest absolute Gasteiger partial charge is 0.411 e. The number of hydrogen-bond donors (Lipinski definition) is 4. The number of halogens is 6. The van der Waals surface area contributed by atoms with Crippen molar-refractivity contribution in [3.8, 4) is 11.5 Å². The largest absolute Gasteiger partial charge is 0.491 e. The number of allylic oxidation sites excluding steroid dienone is 2. The van der Waals surface area contributed by atoms with E-state index in [0.29, 0.717) is 12.1 Å². The molecule has 0 fully saturated rings. The summed E-state index contributed by atoms with van der Waals surface area (Å²) in [6.45, 7) is 4.73. The zero-order chi connectivity index (χ0) is 29.4. The van der Waals surface area contributed by atoms with Crippen molar-refractivity contribution in [3.05, 3.63) is 84.0 Å². The van der Waals surface area contributed by atoms with Gasteiger partial charge in [-0.1, -0.05) is 30.4 Å². The van der Waals surface area contributed by atoms with E-state index in [1.54, 1.807) is 0 Å². The maximum absolute atomic E-state index is 14.8. The highest BCUT2D eigenvalue weighted by Crippen LogP contribution is 2.57. The molecular formula is C27H30F6O6. The van der Waals surface area contributed by atoms with Gasteiger partial charge in [-0.2, -0.15) is 26.3 Å². The van der Waals surface area contributed by atoms with Crippen LogP contribution in [0.15, 0.2) is 61.7 Å². The van der Waals surface area contributed by atoms with Gasteiger partial charge in [0.25, 0.3) is 0 Å². The Labute approximate surface area is 221 Å². The summed E-state index contributed by atoms with van der Waals surface area (Å²) in [5.41, 5.74) is -7.10. The third-order valence-corrected chi connectivity index (χ3v) is 5.85. The van der Waals surface area contributed by atoms with Crippen molar-refractivity contribution in [2.24, 2.45) is 0 Å². The van der Waals surface area contributed by atoms with E-state index in [1.165, 1.54) is 6.08 Å². The average Bonchev–Trinajstić information content (AvgIpc) is 2.86. The zero-order valence-electron chi connectivity index (χ0n) is 20.8. The molecule has 0 spiro atoms. The van der Waals surface area contributed by atoms with E-state index in [1.807, 2.05) is 0 Å². The Morgan fingerprint density at radius 2 is 1.28 bits per heavy atom. The quantitative estimate of drug-likeness (QED) is 0.205. The van der Waals surface area contributed by atoms with Crippen LogP contribution >= 0.6 is 0 Å². The summed E-state index contributed by atoms with van der Waals surface area (Å²) in [5.74, 6) is -0.193. The molecule has 4 N–H and O–H groups in total. The number of benzene rings is 2. The van der Waals surface area contributed by atoms with Crippen molar-refractivity contribution in [3.63, 3.8) is 0 Å². The first-order valence-corrected chi connectivity index (χ1v) is 11.7. The molecule has 2 rings (SSSR count). The molecule has 39 heavy (non-hydrogen) atoms. The van der Waals surface area contributed by atoms with E-state index in [4.69, 9.17) is 19.7 Å². The number of ether oxygens (including phenoxy) is 2. The lowest BCUT2D eigenvalue weighted by Crippen LogP contribution is -2.55. The highest BCUT2D eigenvalue weighted by atomic mass is 19.4. The predicted octanol–water partition coefficient (Wildman–Crippen LogP) is 4.02. The van der Waals surface area contributed by atoms with Gasteiger partial charge in [-0.05, 0) is 53.3 Å². The molecule has 0 aromatic heterocycles. The standard InChI is InChI=1S/C27H30F6O6/c1-3-5-17-12-22(38-15-20(36)13-34)8-9-23(17)25(26(28,29)30,27(31,32)33)19-7-10-24(18(11-19)6-4-2)39-16-21(37)14-35/h3-4,7-12,20-21,34-37H,1-2,5-6,13-16H2. The van der Waals surface area contributed by atoms with Crippen LogP contribution in [0.4, 0.5) is 26.3 Å². The Kier molecular flexibility index (Phi) is 11.0. The predicted molar refractivity (Wildman–Crippen MR) is 131 cm³/mol. The van der Waals surface area contributed by atoms with Crippen LogP contribution < -0.4 is 9.47 Å². The minimum absolute atomic E-state index is 0.0475. The highest BCUT2D eigenvalue weighted by molar-refractivity contribution is 5.53. The molecule has 0 aliphatic heterocycles. The van der Waals surface area contributed by atoms with Crippen LogP contribution in [0.2, 0.25) is 0 Å². The maximum Gasteiger partial charge on any atom is 0.411 e. The lowest BCUT2D eigenvalue weighted by molar-refractivity contribution is -0.288. The van der Waals surface area contributed by atoms with E-state index in [0.717, 1.165) is 30.3 Å². The molecule has 0 amide bonds. The Bertz CT molecular complexity index is 1100. The van der Waals surface area contributed by atoms with Gasteiger partial charge in [0.15, 0.2) is 0 Å². The fraction of sp³-hybridized carbons (Fsp3) is 0.407. The van der Waals surface area contributed by atoms with Gasteiger partial charge in [-0.3, -0.25) is 0 Å². The van der Waals surface area contributed by atoms with Gasteiger partial charge in [-0.25, -0.2) is 0 Å². The van der Waals surface area contributed by atoms with Crippen molar-refractivity contribution in [2.75, 3.05) is 26.4 Å². The summed E-state index contributed by atoms with van der Waals surface area (Å²) >= 11 is 0. The Morgan fingerprint density at radius 1 is 0.744 bits per heavy atom. The summed E-state index contributed by atoms with van der Waals surface area (Å²) < 4.78 is 99.6. The first-order valence-electron chi connectivity index (χ1n) is 11.7. The summed E-state index contributed by atoms with van der Waals surface area (Å²) in [4.78, 5) is 0. The van der Waals surface area contributed by atoms with E-state index in [-0.39, 0.29) is 35.5 Å². The SMILES string of the molecule is C=CCc1cc(C(c2ccc(OCC(O)CO)cc2CC=C)(C(F)(F)F)C(F)(F)F)ccc1OCC(O)CO. The third-order valence-electron chi connectivity index (χ3n) is 5.85. The van der Waals surface area contributed by atoms with Gasteiger partial charge in [-0.15, -0.1) is 13.2 Å². The molecule has 0 bridgehead atoms. The number of aliphatic hydroxyl groups is 4. The number of aliphatic hydroxyl groups excluding tert-OH is 4. The molecule has 0 saturated heterocycles. The fourth-order valence-electron chi connectivity index (χ4n) is 4.05. The van der Waals surface area contributed by atoms with Gasteiger partial charge in [0, 0.05) is 0 Å². The van der Waals surface area contributed by atoms with Gasteiger partial charge in [0.1, 0.15) is 36.9 Å². The molecular weight excluding hydrogens is 534 g/mol. The molecule has 2 aromatic carbocycles. The molecule has 12 heteroatoms. The molecule has 0 aliphatic rings.